The Labute approximate surface area is 122 Å². The van der Waals surface area contributed by atoms with Gasteiger partial charge in [-0.3, -0.25) is 0 Å². The van der Waals surface area contributed by atoms with E-state index < -0.39 is 8.56 Å². The van der Waals surface area contributed by atoms with Gasteiger partial charge in [0.15, 0.2) is 6.39 Å². The molecule has 0 radical (unpaired) electrons. The van der Waals surface area contributed by atoms with Crippen molar-refractivity contribution in [2.45, 2.75) is 64.6 Å². The first-order chi connectivity index (χ1) is 9.54. The Bertz CT molecular complexity index is 432. The van der Waals surface area contributed by atoms with Gasteiger partial charge in [0, 0.05) is 17.5 Å². The van der Waals surface area contributed by atoms with Crippen LogP contribution in [0.3, 0.4) is 0 Å². The predicted molar refractivity (Wildman–Crippen MR) is 80.3 cm³/mol. The molecule has 5 heteroatoms. The summed E-state index contributed by atoms with van der Waals surface area (Å²) >= 11 is 0. The standard InChI is InChI=1S/C15H25NO3Si/c1-12(2)20(13(3)4,19-15-7-5-6-8-15)18-10-14-9-17-11-16-14/h7,9,11-13H,5-6,8,10H2,1-4H3. The highest BCUT2D eigenvalue weighted by Gasteiger charge is 2.47. The van der Waals surface area contributed by atoms with E-state index in [1.54, 1.807) is 6.26 Å². The van der Waals surface area contributed by atoms with E-state index in [0.717, 1.165) is 24.3 Å². The molecule has 4 nitrogen and oxygen atoms in total. The lowest BCUT2D eigenvalue weighted by Crippen LogP contribution is -2.47. The van der Waals surface area contributed by atoms with Crippen molar-refractivity contribution >= 4 is 8.56 Å². The van der Waals surface area contributed by atoms with Crippen molar-refractivity contribution in [3.05, 3.63) is 30.2 Å². The van der Waals surface area contributed by atoms with Crippen molar-refractivity contribution in [3.8, 4) is 0 Å². The van der Waals surface area contributed by atoms with Crippen molar-refractivity contribution in [3.63, 3.8) is 0 Å². The number of hydrogen-bond acceptors (Lipinski definition) is 4. The van der Waals surface area contributed by atoms with Crippen LogP contribution >= 0.6 is 0 Å². The van der Waals surface area contributed by atoms with Crippen LogP contribution in [0.2, 0.25) is 11.1 Å². The summed E-state index contributed by atoms with van der Waals surface area (Å²) in [5.74, 6) is 1.12. The second-order valence-corrected chi connectivity index (χ2v) is 10.2. The fourth-order valence-corrected chi connectivity index (χ4v) is 6.20. The van der Waals surface area contributed by atoms with E-state index in [1.165, 1.54) is 12.8 Å². The zero-order valence-corrected chi connectivity index (χ0v) is 13.9. The van der Waals surface area contributed by atoms with E-state index in [-0.39, 0.29) is 0 Å². The Morgan fingerprint density at radius 1 is 1.30 bits per heavy atom. The molecule has 1 heterocycles. The Morgan fingerprint density at radius 3 is 2.55 bits per heavy atom. The molecule has 0 unspecified atom stereocenters. The fraction of sp³-hybridized carbons (Fsp3) is 0.667. The van der Waals surface area contributed by atoms with Gasteiger partial charge in [0.05, 0.1) is 12.4 Å². The summed E-state index contributed by atoms with van der Waals surface area (Å²) in [6.45, 7) is 9.26. The molecule has 1 aliphatic rings. The molecule has 0 bridgehead atoms. The molecule has 0 spiro atoms. The number of aromatic nitrogens is 1. The minimum atomic E-state index is -2.32. The highest BCUT2D eigenvalue weighted by atomic mass is 28.4. The average Bonchev–Trinajstić information content (AvgIpc) is 3.07. The SMILES string of the molecule is CC(C)[Si](OCc1cocn1)(OC1=CCCC1)C(C)C. The maximum absolute atomic E-state index is 6.44. The molecule has 0 N–H and O–H groups in total. The van der Waals surface area contributed by atoms with Crippen LogP contribution in [0.25, 0.3) is 0 Å². The first-order valence-corrected chi connectivity index (χ1v) is 9.40. The number of nitrogens with zero attached hydrogens (tertiary/aromatic N) is 1. The van der Waals surface area contributed by atoms with Crippen LogP contribution in [-0.4, -0.2) is 13.5 Å². The third-order valence-corrected chi connectivity index (χ3v) is 8.22. The minimum absolute atomic E-state index is 0.385. The number of oxazole rings is 1. The molecule has 1 aromatic rings. The average molecular weight is 295 g/mol. The summed E-state index contributed by atoms with van der Waals surface area (Å²) < 4.78 is 17.8. The van der Waals surface area contributed by atoms with Gasteiger partial charge in [-0.1, -0.05) is 27.7 Å². The van der Waals surface area contributed by atoms with E-state index in [9.17, 15) is 0 Å². The van der Waals surface area contributed by atoms with Gasteiger partial charge >= 0.3 is 8.56 Å². The molecule has 2 rings (SSSR count). The van der Waals surface area contributed by atoms with Crippen LogP contribution in [0.15, 0.2) is 28.9 Å². The predicted octanol–water partition coefficient (Wildman–Crippen LogP) is 4.54. The molecule has 0 aliphatic heterocycles. The van der Waals surface area contributed by atoms with Gasteiger partial charge in [0.2, 0.25) is 0 Å². The number of allylic oxidation sites excluding steroid dienone is 2. The smallest absolute Gasteiger partial charge is 0.404 e. The van der Waals surface area contributed by atoms with Crippen LogP contribution in [0.1, 0.15) is 52.7 Å². The third-order valence-electron chi connectivity index (χ3n) is 3.83. The maximum atomic E-state index is 6.44. The lowest BCUT2D eigenvalue weighted by Gasteiger charge is -2.37. The molecule has 0 atom stereocenters. The van der Waals surface area contributed by atoms with Gasteiger partial charge in [-0.15, -0.1) is 0 Å². The van der Waals surface area contributed by atoms with Crippen molar-refractivity contribution < 1.29 is 13.3 Å². The van der Waals surface area contributed by atoms with Crippen molar-refractivity contribution in [1.29, 1.82) is 0 Å². The first kappa shape index (κ1) is 15.3. The molecular weight excluding hydrogens is 270 g/mol. The lowest BCUT2D eigenvalue weighted by atomic mass is 10.4. The van der Waals surface area contributed by atoms with Crippen LogP contribution in [-0.2, 0) is 15.5 Å². The van der Waals surface area contributed by atoms with Crippen LogP contribution in [0.4, 0.5) is 0 Å². The summed E-state index contributed by atoms with van der Waals surface area (Å²) in [6.07, 6.45) is 8.65. The molecule has 20 heavy (non-hydrogen) atoms. The summed E-state index contributed by atoms with van der Waals surface area (Å²) in [5, 5.41) is 0. The Hall–Kier alpha value is -1.07. The van der Waals surface area contributed by atoms with Gasteiger partial charge in [-0.2, -0.15) is 0 Å². The molecule has 0 fully saturated rings. The summed E-state index contributed by atoms with van der Waals surface area (Å²) in [5.41, 5.74) is 1.60. The van der Waals surface area contributed by atoms with Gasteiger partial charge < -0.3 is 13.3 Å². The molecule has 0 amide bonds. The van der Waals surface area contributed by atoms with E-state index in [1.807, 2.05) is 0 Å². The first-order valence-electron chi connectivity index (χ1n) is 7.43. The highest BCUT2D eigenvalue weighted by Crippen LogP contribution is 2.38. The second-order valence-electron chi connectivity index (χ2n) is 5.96. The topological polar surface area (TPSA) is 44.5 Å². The van der Waals surface area contributed by atoms with Gasteiger partial charge in [-0.25, -0.2) is 4.98 Å². The molecule has 112 valence electrons. The van der Waals surface area contributed by atoms with Gasteiger partial charge in [0.1, 0.15) is 12.0 Å². The van der Waals surface area contributed by atoms with Crippen LogP contribution in [0.5, 0.6) is 0 Å². The molecule has 0 saturated carbocycles. The number of hydrogen-bond donors (Lipinski definition) is 0. The van der Waals surface area contributed by atoms with Crippen LogP contribution in [0, 0.1) is 0 Å². The van der Waals surface area contributed by atoms with E-state index in [0.29, 0.717) is 17.7 Å². The fourth-order valence-electron chi connectivity index (χ4n) is 2.70. The number of rotatable bonds is 7. The molecular formula is C15H25NO3Si. The third kappa shape index (κ3) is 3.33. The zero-order chi connectivity index (χ0) is 14.6. The Morgan fingerprint density at radius 2 is 2.05 bits per heavy atom. The zero-order valence-electron chi connectivity index (χ0n) is 12.9. The Kier molecular flexibility index (Phi) is 5.04. The van der Waals surface area contributed by atoms with E-state index in [4.69, 9.17) is 13.3 Å². The monoisotopic (exact) mass is 295 g/mol. The molecule has 1 aromatic heterocycles. The van der Waals surface area contributed by atoms with E-state index in [2.05, 4.69) is 38.8 Å². The van der Waals surface area contributed by atoms with Gasteiger partial charge in [0.25, 0.3) is 0 Å². The van der Waals surface area contributed by atoms with Crippen molar-refractivity contribution in [2.75, 3.05) is 0 Å². The quantitative estimate of drug-likeness (QED) is 0.693. The second kappa shape index (κ2) is 6.59. The van der Waals surface area contributed by atoms with Gasteiger partial charge in [-0.05, 0) is 18.9 Å². The Balaban J connectivity index is 2.12. The molecule has 1 aliphatic carbocycles. The van der Waals surface area contributed by atoms with Crippen molar-refractivity contribution in [1.82, 2.24) is 4.98 Å². The minimum Gasteiger partial charge on any atom is -0.524 e. The maximum Gasteiger partial charge on any atom is 0.404 e. The van der Waals surface area contributed by atoms with Crippen LogP contribution < -0.4 is 0 Å². The summed E-state index contributed by atoms with van der Waals surface area (Å²) in [6, 6.07) is 0. The van der Waals surface area contributed by atoms with Crippen molar-refractivity contribution in [2.24, 2.45) is 0 Å². The largest absolute Gasteiger partial charge is 0.524 e. The molecule has 0 saturated heterocycles. The molecule has 0 aromatic carbocycles. The summed E-state index contributed by atoms with van der Waals surface area (Å²) in [4.78, 5) is 4.13. The summed E-state index contributed by atoms with van der Waals surface area (Å²) in [7, 11) is -2.32. The highest BCUT2D eigenvalue weighted by molar-refractivity contribution is 6.70. The lowest BCUT2D eigenvalue weighted by molar-refractivity contribution is 0.174. The normalized spacial score (nSPS) is 16.0. The van der Waals surface area contributed by atoms with E-state index >= 15 is 0 Å².